The van der Waals surface area contributed by atoms with Gasteiger partial charge in [-0.1, -0.05) is 6.08 Å². The van der Waals surface area contributed by atoms with E-state index in [-0.39, 0.29) is 6.03 Å². The van der Waals surface area contributed by atoms with Crippen molar-refractivity contribution in [3.8, 4) is 0 Å². The molecule has 0 aromatic carbocycles. The molecule has 1 rings (SSSR count). The summed E-state index contributed by atoms with van der Waals surface area (Å²) in [6.07, 6.45) is 3.33. The van der Waals surface area contributed by atoms with Crippen LogP contribution in [0.2, 0.25) is 0 Å². The average Bonchev–Trinajstić information content (AvgIpc) is 2.52. The van der Waals surface area contributed by atoms with Gasteiger partial charge in [0.1, 0.15) is 0 Å². The molecule has 1 unspecified atom stereocenters. The molecule has 4 N–H and O–H groups in total. The van der Waals surface area contributed by atoms with Crippen molar-refractivity contribution in [1.82, 2.24) is 10.0 Å². The number of primary amides is 1. The van der Waals surface area contributed by atoms with Gasteiger partial charge < -0.3 is 11.1 Å². The molecule has 72 valence electrons. The lowest BCUT2D eigenvalue weighted by atomic mass is 10.5. The van der Waals surface area contributed by atoms with Crippen LogP contribution in [0.15, 0.2) is 22.5 Å². The predicted octanol–water partition coefficient (Wildman–Crippen LogP) is -0.272. The Bertz CT molecular complexity index is 298. The lowest BCUT2D eigenvalue weighted by Gasteiger charge is -2.16. The van der Waals surface area contributed by atoms with Crippen LogP contribution in [0, 0.1) is 0 Å². The molecular formula is C7H11N3O2S. The van der Waals surface area contributed by atoms with Crippen LogP contribution in [0.25, 0.3) is 0 Å². The number of urea groups is 1. The number of nitrogens with two attached hydrogens (primary N) is 1. The number of nitrogens with one attached hydrogen (secondary N) is 2. The zero-order valence-corrected chi connectivity index (χ0v) is 7.97. The van der Waals surface area contributed by atoms with Crippen LogP contribution >= 0.6 is 11.1 Å². The fourth-order valence-corrected chi connectivity index (χ4v) is 2.27. The van der Waals surface area contributed by atoms with Crippen LogP contribution in [0.1, 0.15) is 0 Å². The molecule has 5 nitrogen and oxygen atoms in total. The Morgan fingerprint density at radius 1 is 1.54 bits per heavy atom. The molecule has 3 amide bonds. The Balaban J connectivity index is 2.61. The maximum atomic E-state index is 10.9. The number of allylic oxidation sites excluding steroid dienone is 2. The number of carbonyl (C=O) groups is 2. The van der Waals surface area contributed by atoms with Gasteiger partial charge in [0.2, 0.25) is 0 Å². The second-order valence-electron chi connectivity index (χ2n) is 2.32. The van der Waals surface area contributed by atoms with Gasteiger partial charge in [0, 0.05) is 7.05 Å². The highest BCUT2D eigenvalue weighted by Crippen LogP contribution is 2.36. The second-order valence-corrected chi connectivity index (χ2v) is 4.06. The normalized spacial score (nSPS) is 22.2. The van der Waals surface area contributed by atoms with Crippen molar-refractivity contribution >= 4 is 23.0 Å². The maximum Gasteiger partial charge on any atom is 0.323 e. The lowest BCUT2D eigenvalue weighted by Crippen LogP contribution is -2.31. The van der Waals surface area contributed by atoms with E-state index in [1.807, 2.05) is 0 Å². The molecule has 1 heterocycles. The maximum absolute atomic E-state index is 10.9. The third-order valence-corrected chi connectivity index (χ3v) is 3.25. The van der Waals surface area contributed by atoms with Gasteiger partial charge in [-0.2, -0.15) is 0 Å². The predicted molar refractivity (Wildman–Crippen MR) is 53.0 cm³/mol. The largest absolute Gasteiger partial charge is 0.365 e. The summed E-state index contributed by atoms with van der Waals surface area (Å²) in [5, 5.41) is 4.16. The van der Waals surface area contributed by atoms with Crippen LogP contribution in [0.3, 0.4) is 0 Å². The van der Waals surface area contributed by atoms with Gasteiger partial charge in [-0.25, -0.2) is 4.79 Å². The van der Waals surface area contributed by atoms with Crippen molar-refractivity contribution in [3.63, 3.8) is 0 Å². The monoisotopic (exact) mass is 201 g/mol. The second kappa shape index (κ2) is 3.99. The number of hydrogen-bond donors (Lipinski definition) is 4. The highest BCUT2D eigenvalue weighted by molar-refractivity contribution is 8.22. The summed E-state index contributed by atoms with van der Waals surface area (Å²) in [7, 11) is 1.51. The van der Waals surface area contributed by atoms with Crippen molar-refractivity contribution < 1.29 is 9.59 Å². The molecule has 0 aromatic heterocycles. The van der Waals surface area contributed by atoms with E-state index >= 15 is 0 Å². The minimum Gasteiger partial charge on any atom is -0.365 e. The Morgan fingerprint density at radius 3 is 2.77 bits per heavy atom. The first-order chi connectivity index (χ1) is 6.15. The van der Waals surface area contributed by atoms with Gasteiger partial charge in [-0.3, -0.25) is 9.52 Å². The third kappa shape index (κ3) is 2.25. The molecule has 0 spiro atoms. The topological polar surface area (TPSA) is 84.2 Å². The smallest absolute Gasteiger partial charge is 0.323 e. The van der Waals surface area contributed by atoms with E-state index in [0.717, 1.165) is 0 Å². The van der Waals surface area contributed by atoms with E-state index in [2.05, 4.69) is 10.0 Å². The van der Waals surface area contributed by atoms with Crippen LogP contribution < -0.4 is 15.8 Å². The molecule has 6 heteroatoms. The van der Waals surface area contributed by atoms with Crippen LogP contribution in [-0.2, 0) is 4.79 Å². The molecule has 1 atom stereocenters. The van der Waals surface area contributed by atoms with E-state index in [4.69, 9.17) is 5.73 Å². The SMILES string of the molecule is CNC(=O)N[SH]1C=CC=C1C(N)=O. The minimum absolute atomic E-state index is 0.315. The molecule has 0 saturated carbocycles. The summed E-state index contributed by atoms with van der Waals surface area (Å²) in [6, 6.07) is -0.315. The van der Waals surface area contributed by atoms with Crippen molar-refractivity contribution in [1.29, 1.82) is 0 Å². The van der Waals surface area contributed by atoms with Gasteiger partial charge in [-0.05, 0) is 11.5 Å². The molecule has 1 aliphatic heterocycles. The van der Waals surface area contributed by atoms with Crippen LogP contribution in [0.5, 0.6) is 0 Å². The number of thiol groups is 1. The highest BCUT2D eigenvalue weighted by atomic mass is 32.2. The highest BCUT2D eigenvalue weighted by Gasteiger charge is 2.16. The molecule has 1 aliphatic rings. The van der Waals surface area contributed by atoms with Gasteiger partial charge in [-0.15, -0.1) is 11.1 Å². The Labute approximate surface area is 78.5 Å². The average molecular weight is 201 g/mol. The quantitative estimate of drug-likeness (QED) is 0.464. The summed E-state index contributed by atoms with van der Waals surface area (Å²) < 4.78 is 2.62. The van der Waals surface area contributed by atoms with Gasteiger partial charge in [0.25, 0.3) is 5.91 Å². The van der Waals surface area contributed by atoms with Crippen LogP contribution in [0.4, 0.5) is 4.79 Å². The first-order valence-electron chi connectivity index (χ1n) is 3.61. The molecule has 0 bridgehead atoms. The van der Waals surface area contributed by atoms with Crippen molar-refractivity contribution in [2.75, 3.05) is 7.05 Å². The zero-order valence-electron chi connectivity index (χ0n) is 7.07. The molecule has 0 saturated heterocycles. The number of carbonyl (C=O) groups excluding carboxylic acids is 2. The summed E-state index contributed by atoms with van der Waals surface area (Å²) in [4.78, 5) is 22.2. The number of rotatable bonds is 2. The summed E-state index contributed by atoms with van der Waals surface area (Å²) in [6.45, 7) is 0. The van der Waals surface area contributed by atoms with Gasteiger partial charge >= 0.3 is 6.03 Å². The van der Waals surface area contributed by atoms with E-state index in [0.29, 0.717) is 4.91 Å². The minimum atomic E-state index is -1.05. The fourth-order valence-electron chi connectivity index (χ4n) is 0.844. The first-order valence-corrected chi connectivity index (χ1v) is 5.02. The third-order valence-electron chi connectivity index (χ3n) is 1.45. The summed E-state index contributed by atoms with van der Waals surface area (Å²) in [5.41, 5.74) is 5.10. The van der Waals surface area contributed by atoms with Gasteiger partial charge in [0.15, 0.2) is 0 Å². The molecule has 0 fully saturated rings. The van der Waals surface area contributed by atoms with Gasteiger partial charge in [0.05, 0.1) is 4.91 Å². The van der Waals surface area contributed by atoms with Crippen molar-refractivity contribution in [3.05, 3.63) is 22.5 Å². The number of hydrogen-bond acceptors (Lipinski definition) is 2. The Hall–Kier alpha value is -1.43. The molecule has 0 radical (unpaired) electrons. The molecule has 0 aromatic rings. The van der Waals surface area contributed by atoms with E-state index in [1.54, 1.807) is 17.6 Å². The van der Waals surface area contributed by atoms with E-state index in [9.17, 15) is 9.59 Å². The van der Waals surface area contributed by atoms with Crippen molar-refractivity contribution in [2.24, 2.45) is 5.73 Å². The van der Waals surface area contributed by atoms with Crippen LogP contribution in [-0.4, -0.2) is 19.0 Å². The molecular weight excluding hydrogens is 190 g/mol. The summed E-state index contributed by atoms with van der Waals surface area (Å²) in [5.74, 6) is -0.493. The number of amides is 3. The fraction of sp³-hybridized carbons (Fsp3) is 0.143. The van der Waals surface area contributed by atoms with E-state index < -0.39 is 17.0 Å². The zero-order chi connectivity index (χ0) is 9.84. The molecule has 13 heavy (non-hydrogen) atoms. The standard InChI is InChI=1S/C7H11N3O2S/c1-9-7(12)10-13-4-2-3-5(13)6(8)11/h2-4,13H,1H3,(H2,8,11)(H2,9,10,12). The first kappa shape index (κ1) is 9.66. The molecule has 0 aliphatic carbocycles. The Kier molecular flexibility index (Phi) is 2.97. The lowest BCUT2D eigenvalue weighted by molar-refractivity contribution is -0.113. The van der Waals surface area contributed by atoms with E-state index in [1.165, 1.54) is 7.05 Å². The summed E-state index contributed by atoms with van der Waals surface area (Å²) >= 11 is -1.05. The Morgan fingerprint density at radius 2 is 2.23 bits per heavy atom. The van der Waals surface area contributed by atoms with Crippen molar-refractivity contribution in [2.45, 2.75) is 0 Å².